The van der Waals surface area contributed by atoms with E-state index in [0.29, 0.717) is 28.1 Å². The van der Waals surface area contributed by atoms with E-state index < -0.39 is 11.9 Å². The molecule has 8 nitrogen and oxygen atoms in total. The first-order chi connectivity index (χ1) is 12.0. The summed E-state index contributed by atoms with van der Waals surface area (Å²) < 4.78 is 7.46. The first-order valence-electron chi connectivity index (χ1n) is 7.86. The number of amides is 1. The fraction of sp³-hybridized carbons (Fsp3) is 0.375. The van der Waals surface area contributed by atoms with Gasteiger partial charge in [0.05, 0.1) is 11.9 Å². The molecule has 2 heterocycles. The molecule has 0 spiro atoms. The number of rotatable bonds is 3. The lowest BCUT2D eigenvalue weighted by atomic mass is 10.0. The summed E-state index contributed by atoms with van der Waals surface area (Å²) in [5.74, 6) is -0.924. The Balaban J connectivity index is 2.09. The van der Waals surface area contributed by atoms with Crippen LogP contribution in [-0.2, 0) is 16.0 Å². The van der Waals surface area contributed by atoms with Gasteiger partial charge >= 0.3 is 0 Å². The Morgan fingerprint density at radius 1 is 1.56 bits per heavy atom. The summed E-state index contributed by atoms with van der Waals surface area (Å²) in [6.07, 6.45) is 2.49. The first kappa shape index (κ1) is 17.2. The molecule has 4 N–H and O–H groups in total. The topological polar surface area (TPSA) is 130 Å². The summed E-state index contributed by atoms with van der Waals surface area (Å²) in [6.45, 7) is 0.648. The minimum absolute atomic E-state index is 0.109. The largest absolute Gasteiger partial charge is 0.370 e. The molecule has 1 aliphatic rings. The Morgan fingerprint density at radius 2 is 2.36 bits per heavy atom. The van der Waals surface area contributed by atoms with Crippen LogP contribution in [0.25, 0.3) is 10.9 Å². The summed E-state index contributed by atoms with van der Waals surface area (Å²) in [5.41, 5.74) is 6.56. The highest BCUT2D eigenvalue weighted by Crippen LogP contribution is 2.33. The molecule has 1 fully saturated rings. The van der Waals surface area contributed by atoms with Gasteiger partial charge in [-0.05, 0) is 37.0 Å². The van der Waals surface area contributed by atoms with Crippen LogP contribution >= 0.6 is 11.6 Å². The second-order valence-electron chi connectivity index (χ2n) is 5.78. The number of halogens is 1. The number of carbonyl (C=O) groups is 1. The third kappa shape index (κ3) is 3.43. The van der Waals surface area contributed by atoms with Crippen molar-refractivity contribution >= 4 is 34.4 Å². The zero-order chi connectivity index (χ0) is 18.0. The molecular weight excluding hydrogens is 344 g/mol. The maximum atomic E-state index is 12.0. The second kappa shape index (κ2) is 7.09. The van der Waals surface area contributed by atoms with Crippen molar-refractivity contribution in [2.24, 2.45) is 5.73 Å². The monoisotopic (exact) mass is 360 g/mol. The molecule has 1 atom stereocenters. The second-order valence-corrected chi connectivity index (χ2v) is 6.19. The molecule has 1 saturated heterocycles. The van der Waals surface area contributed by atoms with Crippen LogP contribution in [0.1, 0.15) is 36.7 Å². The van der Waals surface area contributed by atoms with Crippen molar-refractivity contribution in [2.45, 2.75) is 31.9 Å². The highest BCUT2D eigenvalue weighted by Gasteiger charge is 2.24. The molecule has 0 aliphatic carbocycles. The number of nitrogens with two attached hydrogens (primary N) is 1. The van der Waals surface area contributed by atoms with Crippen LogP contribution in [0.3, 0.4) is 0 Å². The van der Waals surface area contributed by atoms with E-state index in [1.807, 2.05) is 0 Å². The highest BCUT2D eigenvalue weighted by molar-refractivity contribution is 6.32. The SMILES string of the molecule is N#Cc1nn(C2CCCCO2)c2ccc(Cl)c(CC(=O)NC(=N)N)c12. The number of ether oxygens (including phenoxy) is 1. The molecule has 1 aliphatic heterocycles. The highest BCUT2D eigenvalue weighted by atomic mass is 35.5. The number of nitriles is 1. The summed E-state index contributed by atoms with van der Waals surface area (Å²) in [6, 6.07) is 5.51. The number of carbonyl (C=O) groups excluding carboxylic acids is 1. The molecule has 0 saturated carbocycles. The van der Waals surface area contributed by atoms with Crippen molar-refractivity contribution in [3.05, 3.63) is 28.4 Å². The van der Waals surface area contributed by atoms with Crippen LogP contribution in [0.4, 0.5) is 0 Å². The van der Waals surface area contributed by atoms with Crippen LogP contribution in [0, 0.1) is 16.7 Å². The van der Waals surface area contributed by atoms with Gasteiger partial charge in [-0.15, -0.1) is 0 Å². The Kier molecular flexibility index (Phi) is 4.88. The van der Waals surface area contributed by atoms with Gasteiger partial charge in [-0.1, -0.05) is 11.6 Å². The molecule has 1 unspecified atom stereocenters. The number of nitrogens with one attached hydrogen (secondary N) is 2. The number of aromatic nitrogens is 2. The van der Waals surface area contributed by atoms with Crippen molar-refractivity contribution < 1.29 is 9.53 Å². The van der Waals surface area contributed by atoms with E-state index >= 15 is 0 Å². The number of guanidine groups is 1. The van der Waals surface area contributed by atoms with Crippen LogP contribution in [-0.4, -0.2) is 28.3 Å². The molecule has 1 amide bonds. The molecule has 3 rings (SSSR count). The smallest absolute Gasteiger partial charge is 0.231 e. The van der Waals surface area contributed by atoms with Gasteiger partial charge in [-0.3, -0.25) is 15.5 Å². The minimum Gasteiger partial charge on any atom is -0.370 e. The van der Waals surface area contributed by atoms with Crippen LogP contribution in [0.2, 0.25) is 5.02 Å². The summed E-state index contributed by atoms with van der Waals surface area (Å²) in [4.78, 5) is 12.0. The van der Waals surface area contributed by atoms with Gasteiger partial charge < -0.3 is 10.5 Å². The molecule has 1 aromatic carbocycles. The third-order valence-corrected chi connectivity index (χ3v) is 4.42. The van der Waals surface area contributed by atoms with Gasteiger partial charge in [0.25, 0.3) is 0 Å². The average Bonchev–Trinajstić information content (AvgIpc) is 2.96. The summed E-state index contributed by atoms with van der Waals surface area (Å²) >= 11 is 6.27. The van der Waals surface area contributed by atoms with Crippen molar-refractivity contribution in [3.8, 4) is 6.07 Å². The van der Waals surface area contributed by atoms with Crippen molar-refractivity contribution in [3.63, 3.8) is 0 Å². The number of fused-ring (bicyclic) bond motifs is 1. The van der Waals surface area contributed by atoms with Gasteiger partial charge in [-0.2, -0.15) is 10.4 Å². The lowest BCUT2D eigenvalue weighted by molar-refractivity contribution is -0.119. The number of nitrogens with zero attached hydrogens (tertiary/aromatic N) is 3. The molecule has 1 aromatic heterocycles. The Bertz CT molecular complexity index is 879. The third-order valence-electron chi connectivity index (χ3n) is 4.07. The van der Waals surface area contributed by atoms with Gasteiger partial charge in [0.15, 0.2) is 17.9 Å². The van der Waals surface area contributed by atoms with Gasteiger partial charge in [0.1, 0.15) is 6.07 Å². The number of hydrogen-bond donors (Lipinski definition) is 3. The Labute approximate surface area is 149 Å². The minimum atomic E-state index is -0.479. The standard InChI is InChI=1S/C16H17ClN6O2/c17-10-4-5-12-15(9(10)7-13(24)21-16(19)20)11(8-18)22-23(12)14-3-1-2-6-25-14/h4-5,14H,1-3,6-7H2,(H4,19,20,21,24). The Hall–Kier alpha value is -2.63. The molecule has 0 radical (unpaired) electrons. The normalized spacial score (nSPS) is 17.2. The van der Waals surface area contributed by atoms with E-state index in [4.69, 9.17) is 27.5 Å². The van der Waals surface area contributed by atoms with E-state index in [1.165, 1.54) is 0 Å². The first-order valence-corrected chi connectivity index (χ1v) is 8.24. The molecule has 2 aromatic rings. The zero-order valence-corrected chi connectivity index (χ0v) is 14.1. The maximum Gasteiger partial charge on any atom is 0.231 e. The molecular formula is C16H17ClN6O2. The van der Waals surface area contributed by atoms with Crippen LogP contribution in [0.15, 0.2) is 12.1 Å². The van der Waals surface area contributed by atoms with E-state index in [0.717, 1.165) is 19.3 Å². The molecule has 25 heavy (non-hydrogen) atoms. The lowest BCUT2D eigenvalue weighted by Crippen LogP contribution is -2.36. The van der Waals surface area contributed by atoms with E-state index in [9.17, 15) is 10.1 Å². The average molecular weight is 361 g/mol. The fourth-order valence-electron chi connectivity index (χ4n) is 3.02. The zero-order valence-electron chi connectivity index (χ0n) is 13.4. The predicted molar refractivity (Wildman–Crippen MR) is 92.1 cm³/mol. The molecule has 0 bridgehead atoms. The van der Waals surface area contributed by atoms with Crippen LogP contribution in [0.5, 0.6) is 0 Å². The fourth-order valence-corrected chi connectivity index (χ4v) is 3.24. The summed E-state index contributed by atoms with van der Waals surface area (Å²) in [7, 11) is 0. The lowest BCUT2D eigenvalue weighted by Gasteiger charge is -2.23. The number of benzene rings is 1. The maximum absolute atomic E-state index is 12.0. The predicted octanol–water partition coefficient (Wildman–Crippen LogP) is 1.81. The molecule has 9 heteroatoms. The van der Waals surface area contributed by atoms with Gasteiger partial charge in [-0.25, -0.2) is 4.68 Å². The van der Waals surface area contributed by atoms with Crippen molar-refractivity contribution in [1.29, 1.82) is 10.7 Å². The van der Waals surface area contributed by atoms with E-state index in [-0.39, 0.29) is 18.3 Å². The summed E-state index contributed by atoms with van der Waals surface area (Å²) in [5, 5.41) is 24.1. The van der Waals surface area contributed by atoms with Crippen molar-refractivity contribution in [1.82, 2.24) is 15.1 Å². The van der Waals surface area contributed by atoms with Crippen molar-refractivity contribution in [2.75, 3.05) is 6.61 Å². The number of hydrogen-bond acceptors (Lipinski definition) is 5. The molecule has 130 valence electrons. The van der Waals surface area contributed by atoms with Gasteiger partial charge in [0.2, 0.25) is 5.91 Å². The van der Waals surface area contributed by atoms with Gasteiger partial charge in [0, 0.05) is 17.0 Å². The Morgan fingerprint density at radius 3 is 3.00 bits per heavy atom. The van der Waals surface area contributed by atoms with E-state index in [2.05, 4.69) is 16.5 Å². The van der Waals surface area contributed by atoms with E-state index in [1.54, 1.807) is 16.8 Å². The quantitative estimate of drug-likeness (QED) is 0.567. The van der Waals surface area contributed by atoms with Crippen LogP contribution < -0.4 is 11.1 Å².